The molecule has 0 aromatic heterocycles. The lowest BCUT2D eigenvalue weighted by Gasteiger charge is -2.12. The highest BCUT2D eigenvalue weighted by molar-refractivity contribution is 7.91. The van der Waals surface area contributed by atoms with E-state index in [2.05, 4.69) is 19.2 Å². The summed E-state index contributed by atoms with van der Waals surface area (Å²) in [6, 6.07) is 5.45. The quantitative estimate of drug-likeness (QED) is 0.563. The van der Waals surface area contributed by atoms with Gasteiger partial charge in [-0.25, -0.2) is 12.8 Å². The van der Waals surface area contributed by atoms with E-state index in [0.717, 1.165) is 25.8 Å². The number of nitrogens with one attached hydrogen (secondary N) is 1. The normalized spacial score (nSPS) is 13.3. The maximum Gasteiger partial charge on any atom is 0.178 e. The lowest BCUT2D eigenvalue weighted by Crippen LogP contribution is -2.26. The molecule has 1 atom stereocenters. The Hall–Kier alpha value is -0.940. The highest BCUT2D eigenvalue weighted by Gasteiger charge is 2.14. The van der Waals surface area contributed by atoms with Gasteiger partial charge in [0, 0.05) is 6.04 Å². The third kappa shape index (κ3) is 6.01. The molecule has 114 valence electrons. The topological polar surface area (TPSA) is 46.2 Å². The van der Waals surface area contributed by atoms with E-state index in [9.17, 15) is 12.8 Å². The molecule has 5 heteroatoms. The van der Waals surface area contributed by atoms with Gasteiger partial charge in [-0.1, -0.05) is 13.3 Å². The van der Waals surface area contributed by atoms with E-state index >= 15 is 0 Å². The van der Waals surface area contributed by atoms with E-state index in [-0.39, 0.29) is 10.6 Å². The van der Waals surface area contributed by atoms with Crippen molar-refractivity contribution in [1.82, 2.24) is 5.32 Å². The Morgan fingerprint density at radius 1 is 1.20 bits per heavy atom. The summed E-state index contributed by atoms with van der Waals surface area (Å²) in [5.74, 6) is -0.293. The monoisotopic (exact) mass is 301 g/mol. The standard InChI is InChI=1S/C15H24FNO2S/c1-3-11-17-13(2)6-4-5-12-20(18,19)15-9-7-14(16)8-10-15/h7-10,13,17H,3-6,11-12H2,1-2H3. The van der Waals surface area contributed by atoms with Crippen molar-refractivity contribution in [3.8, 4) is 0 Å². The lowest BCUT2D eigenvalue weighted by atomic mass is 10.1. The van der Waals surface area contributed by atoms with Crippen molar-refractivity contribution >= 4 is 9.84 Å². The molecule has 0 saturated carbocycles. The van der Waals surface area contributed by atoms with Gasteiger partial charge in [-0.3, -0.25) is 0 Å². The van der Waals surface area contributed by atoms with Crippen LogP contribution in [0.15, 0.2) is 29.2 Å². The fourth-order valence-electron chi connectivity index (χ4n) is 2.00. The van der Waals surface area contributed by atoms with Crippen molar-refractivity contribution in [2.45, 2.75) is 50.5 Å². The van der Waals surface area contributed by atoms with Crippen molar-refractivity contribution in [1.29, 1.82) is 0 Å². The van der Waals surface area contributed by atoms with Crippen LogP contribution in [0.1, 0.15) is 39.5 Å². The molecule has 0 aliphatic carbocycles. The van der Waals surface area contributed by atoms with Crippen LogP contribution in [0.5, 0.6) is 0 Å². The second kappa shape index (κ2) is 8.37. The Labute approximate surface area is 121 Å². The van der Waals surface area contributed by atoms with Crippen LogP contribution in [0, 0.1) is 5.82 Å². The highest BCUT2D eigenvalue weighted by atomic mass is 32.2. The van der Waals surface area contributed by atoms with E-state index in [0.29, 0.717) is 12.5 Å². The average molecular weight is 301 g/mol. The van der Waals surface area contributed by atoms with E-state index in [1.54, 1.807) is 0 Å². The number of hydrogen-bond acceptors (Lipinski definition) is 3. The molecule has 0 fully saturated rings. The number of rotatable bonds is 9. The van der Waals surface area contributed by atoms with Gasteiger partial charge in [0.1, 0.15) is 5.82 Å². The molecule has 0 amide bonds. The predicted octanol–water partition coefficient (Wildman–Crippen LogP) is 3.16. The van der Waals surface area contributed by atoms with Crippen LogP contribution in [0.4, 0.5) is 4.39 Å². The van der Waals surface area contributed by atoms with Crippen LogP contribution in [-0.4, -0.2) is 26.8 Å². The van der Waals surface area contributed by atoms with Crippen molar-refractivity contribution < 1.29 is 12.8 Å². The Morgan fingerprint density at radius 2 is 1.85 bits per heavy atom. The first-order valence-electron chi connectivity index (χ1n) is 7.17. The van der Waals surface area contributed by atoms with Gasteiger partial charge in [-0.2, -0.15) is 0 Å². The van der Waals surface area contributed by atoms with Crippen LogP contribution >= 0.6 is 0 Å². The Kier molecular flexibility index (Phi) is 7.16. The number of sulfone groups is 1. The van der Waals surface area contributed by atoms with Gasteiger partial charge < -0.3 is 5.32 Å². The second-order valence-electron chi connectivity index (χ2n) is 5.12. The molecule has 0 saturated heterocycles. The zero-order chi connectivity index (χ0) is 15.0. The summed E-state index contributed by atoms with van der Waals surface area (Å²) in [6.07, 6.45) is 3.58. The molecule has 1 aromatic carbocycles. The Bertz CT molecular complexity index is 485. The lowest BCUT2D eigenvalue weighted by molar-refractivity contribution is 0.494. The molecule has 1 rings (SSSR count). The predicted molar refractivity (Wildman–Crippen MR) is 80.1 cm³/mol. The molecule has 0 bridgehead atoms. The van der Waals surface area contributed by atoms with Gasteiger partial charge in [-0.05, 0) is 57.0 Å². The largest absolute Gasteiger partial charge is 0.314 e. The first-order chi connectivity index (χ1) is 9.45. The summed E-state index contributed by atoms with van der Waals surface area (Å²) < 4.78 is 36.8. The van der Waals surface area contributed by atoms with Crippen LogP contribution in [-0.2, 0) is 9.84 Å². The van der Waals surface area contributed by atoms with Gasteiger partial charge in [0.25, 0.3) is 0 Å². The van der Waals surface area contributed by atoms with Crippen molar-refractivity contribution in [2.75, 3.05) is 12.3 Å². The Balaban J connectivity index is 2.35. The van der Waals surface area contributed by atoms with Gasteiger partial charge >= 0.3 is 0 Å². The maximum atomic E-state index is 12.8. The fraction of sp³-hybridized carbons (Fsp3) is 0.600. The minimum absolute atomic E-state index is 0.124. The van der Waals surface area contributed by atoms with E-state index in [1.165, 1.54) is 24.3 Å². The molecular formula is C15H24FNO2S. The molecule has 0 heterocycles. The van der Waals surface area contributed by atoms with Gasteiger partial charge in [0.2, 0.25) is 0 Å². The summed E-state index contributed by atoms with van der Waals surface area (Å²) in [6.45, 7) is 5.23. The minimum atomic E-state index is -3.28. The summed E-state index contributed by atoms with van der Waals surface area (Å²) in [4.78, 5) is 0.205. The molecular weight excluding hydrogens is 277 g/mol. The maximum absolute atomic E-state index is 12.8. The molecule has 1 aromatic rings. The number of hydrogen-bond donors (Lipinski definition) is 1. The first kappa shape index (κ1) is 17.1. The smallest absolute Gasteiger partial charge is 0.178 e. The van der Waals surface area contributed by atoms with Crippen LogP contribution in [0.3, 0.4) is 0 Å². The Morgan fingerprint density at radius 3 is 2.45 bits per heavy atom. The molecule has 0 radical (unpaired) electrons. The molecule has 0 aliphatic heterocycles. The SMILES string of the molecule is CCCNC(C)CCCCS(=O)(=O)c1ccc(F)cc1. The minimum Gasteiger partial charge on any atom is -0.314 e. The van der Waals surface area contributed by atoms with Gasteiger partial charge in [0.15, 0.2) is 9.84 Å². The molecule has 3 nitrogen and oxygen atoms in total. The zero-order valence-corrected chi connectivity index (χ0v) is 13.0. The van der Waals surface area contributed by atoms with E-state index < -0.39 is 15.7 Å². The third-order valence-electron chi connectivity index (χ3n) is 3.22. The average Bonchev–Trinajstić information content (AvgIpc) is 2.42. The summed E-state index contributed by atoms with van der Waals surface area (Å²) in [5.41, 5.74) is 0. The number of halogens is 1. The third-order valence-corrected chi connectivity index (χ3v) is 5.03. The van der Waals surface area contributed by atoms with Crippen molar-refractivity contribution in [3.05, 3.63) is 30.1 Å². The zero-order valence-electron chi connectivity index (χ0n) is 12.2. The van der Waals surface area contributed by atoms with Crippen molar-refractivity contribution in [2.24, 2.45) is 0 Å². The van der Waals surface area contributed by atoms with Crippen LogP contribution in [0.2, 0.25) is 0 Å². The summed E-state index contributed by atoms with van der Waals surface area (Å²) in [5, 5.41) is 3.38. The molecule has 1 N–H and O–H groups in total. The number of benzene rings is 1. The van der Waals surface area contributed by atoms with E-state index in [1.807, 2.05) is 0 Å². The van der Waals surface area contributed by atoms with Crippen LogP contribution in [0.25, 0.3) is 0 Å². The van der Waals surface area contributed by atoms with Gasteiger partial charge in [0.05, 0.1) is 10.6 Å². The van der Waals surface area contributed by atoms with Gasteiger partial charge in [-0.15, -0.1) is 0 Å². The number of unbranched alkanes of at least 4 members (excludes halogenated alkanes) is 1. The van der Waals surface area contributed by atoms with Crippen molar-refractivity contribution in [3.63, 3.8) is 0 Å². The summed E-state index contributed by atoms with van der Waals surface area (Å²) >= 11 is 0. The molecule has 0 spiro atoms. The second-order valence-corrected chi connectivity index (χ2v) is 7.23. The molecule has 20 heavy (non-hydrogen) atoms. The van der Waals surface area contributed by atoms with E-state index in [4.69, 9.17) is 0 Å². The molecule has 0 aliphatic rings. The molecule has 1 unspecified atom stereocenters. The summed E-state index contributed by atoms with van der Waals surface area (Å²) in [7, 11) is -3.28. The highest BCUT2D eigenvalue weighted by Crippen LogP contribution is 2.14. The first-order valence-corrected chi connectivity index (χ1v) is 8.82. The fourth-order valence-corrected chi connectivity index (χ4v) is 3.37. The van der Waals surface area contributed by atoms with Crippen LogP contribution < -0.4 is 5.32 Å².